The van der Waals surface area contributed by atoms with Crippen molar-refractivity contribution in [2.24, 2.45) is 23.2 Å². The fourth-order valence-electron chi connectivity index (χ4n) is 2.37. The van der Waals surface area contributed by atoms with Crippen LogP contribution in [-0.2, 0) is 0 Å². The number of rotatable bonds is 7. The maximum Gasteiger partial charge on any atom is -0.0329 e. The van der Waals surface area contributed by atoms with Crippen LogP contribution in [0, 0.1) is 23.2 Å². The van der Waals surface area contributed by atoms with Crippen molar-refractivity contribution in [3.8, 4) is 0 Å². The van der Waals surface area contributed by atoms with Crippen molar-refractivity contribution in [3.05, 3.63) is 0 Å². The zero-order chi connectivity index (χ0) is 12.1. The van der Waals surface area contributed by atoms with E-state index in [-0.39, 0.29) is 0 Å². The Morgan fingerprint density at radius 3 is 1.73 bits per heavy atom. The van der Waals surface area contributed by atoms with Crippen molar-refractivity contribution < 1.29 is 0 Å². The first-order valence-corrected chi connectivity index (χ1v) is 6.84. The van der Waals surface area contributed by atoms with Crippen molar-refractivity contribution in [1.82, 2.24) is 0 Å². The Hall–Kier alpha value is 0. The zero-order valence-electron chi connectivity index (χ0n) is 12.1. The lowest BCUT2D eigenvalue weighted by Crippen LogP contribution is -2.20. The molecule has 0 aliphatic heterocycles. The lowest BCUT2D eigenvalue weighted by atomic mass is 9.74. The van der Waals surface area contributed by atoms with E-state index in [0.29, 0.717) is 5.41 Å². The first kappa shape index (κ1) is 15.0. The van der Waals surface area contributed by atoms with Crippen LogP contribution in [0.25, 0.3) is 0 Å². The Bertz CT molecular complexity index is 153. The fourth-order valence-corrected chi connectivity index (χ4v) is 2.37. The second kappa shape index (κ2) is 6.55. The van der Waals surface area contributed by atoms with Gasteiger partial charge in [-0.3, -0.25) is 0 Å². The van der Waals surface area contributed by atoms with E-state index in [1.54, 1.807) is 0 Å². The summed E-state index contributed by atoms with van der Waals surface area (Å²) in [6, 6.07) is 0. The van der Waals surface area contributed by atoms with Gasteiger partial charge < -0.3 is 0 Å². The van der Waals surface area contributed by atoms with Crippen LogP contribution in [0.2, 0.25) is 0 Å². The van der Waals surface area contributed by atoms with E-state index in [2.05, 4.69) is 48.5 Å². The molecule has 0 radical (unpaired) electrons. The minimum absolute atomic E-state index is 0.579. The zero-order valence-corrected chi connectivity index (χ0v) is 12.1. The van der Waals surface area contributed by atoms with Crippen molar-refractivity contribution in [1.29, 1.82) is 0 Å². The van der Waals surface area contributed by atoms with Gasteiger partial charge in [0.25, 0.3) is 0 Å². The molecule has 0 aliphatic carbocycles. The highest BCUT2D eigenvalue weighted by Gasteiger charge is 2.23. The summed E-state index contributed by atoms with van der Waals surface area (Å²) in [5.74, 6) is 2.59. The molecule has 0 amide bonds. The third-order valence-electron chi connectivity index (χ3n) is 4.46. The molecule has 2 atom stereocenters. The van der Waals surface area contributed by atoms with E-state index >= 15 is 0 Å². The van der Waals surface area contributed by atoms with Gasteiger partial charge in [0.05, 0.1) is 0 Å². The van der Waals surface area contributed by atoms with Gasteiger partial charge in [0, 0.05) is 0 Å². The van der Waals surface area contributed by atoms with E-state index in [4.69, 9.17) is 0 Å². The smallest absolute Gasteiger partial charge is 0.0329 e. The SMILES string of the molecule is CCC(C)(CC)CC(C)CC(C)C(C)C. The van der Waals surface area contributed by atoms with Gasteiger partial charge >= 0.3 is 0 Å². The van der Waals surface area contributed by atoms with E-state index in [1.807, 2.05) is 0 Å². The maximum absolute atomic E-state index is 2.45. The van der Waals surface area contributed by atoms with Crippen molar-refractivity contribution in [3.63, 3.8) is 0 Å². The molecular formula is C15H32. The Morgan fingerprint density at radius 1 is 0.933 bits per heavy atom. The molecule has 0 fully saturated rings. The summed E-state index contributed by atoms with van der Waals surface area (Å²) in [6.07, 6.45) is 5.44. The van der Waals surface area contributed by atoms with Gasteiger partial charge in [-0.05, 0) is 36.0 Å². The molecule has 0 N–H and O–H groups in total. The quantitative estimate of drug-likeness (QED) is 0.521. The van der Waals surface area contributed by atoms with E-state index in [9.17, 15) is 0 Å². The molecule has 0 spiro atoms. The summed E-state index contributed by atoms with van der Waals surface area (Å²) >= 11 is 0. The van der Waals surface area contributed by atoms with Gasteiger partial charge in [0.1, 0.15) is 0 Å². The standard InChI is InChI=1S/C15H32/c1-8-15(7,9-2)11-13(5)10-14(6)12(3)4/h12-14H,8-11H2,1-7H3. The van der Waals surface area contributed by atoms with Gasteiger partial charge in [-0.15, -0.1) is 0 Å². The molecule has 0 nitrogen and oxygen atoms in total. The average Bonchev–Trinajstić information content (AvgIpc) is 2.17. The molecule has 92 valence electrons. The molecule has 0 aromatic rings. The topological polar surface area (TPSA) is 0 Å². The molecule has 0 saturated heterocycles. The molecule has 0 saturated carbocycles. The van der Waals surface area contributed by atoms with Crippen LogP contribution in [0.15, 0.2) is 0 Å². The Labute approximate surface area is 97.8 Å². The minimum Gasteiger partial charge on any atom is -0.0649 e. The van der Waals surface area contributed by atoms with Crippen LogP contribution < -0.4 is 0 Å². The predicted octanol–water partition coefficient (Wildman–Crippen LogP) is 5.52. The summed E-state index contributed by atoms with van der Waals surface area (Å²) in [6.45, 7) is 16.6. The highest BCUT2D eigenvalue weighted by atomic mass is 14.3. The summed E-state index contributed by atoms with van der Waals surface area (Å²) < 4.78 is 0. The van der Waals surface area contributed by atoms with Gasteiger partial charge in [0.15, 0.2) is 0 Å². The summed E-state index contributed by atoms with van der Waals surface area (Å²) in [5.41, 5.74) is 0.579. The van der Waals surface area contributed by atoms with Gasteiger partial charge in [0.2, 0.25) is 0 Å². The van der Waals surface area contributed by atoms with Gasteiger partial charge in [-0.1, -0.05) is 61.3 Å². The third-order valence-corrected chi connectivity index (χ3v) is 4.46. The molecule has 0 aromatic carbocycles. The van der Waals surface area contributed by atoms with E-state index in [1.165, 1.54) is 25.7 Å². The van der Waals surface area contributed by atoms with Crippen LogP contribution in [0.1, 0.15) is 74.1 Å². The molecule has 0 aliphatic rings. The molecule has 0 heterocycles. The number of hydrogen-bond acceptors (Lipinski definition) is 0. The molecule has 2 unspecified atom stereocenters. The third kappa shape index (κ3) is 5.58. The van der Waals surface area contributed by atoms with Crippen LogP contribution in [0.3, 0.4) is 0 Å². The summed E-state index contributed by atoms with van der Waals surface area (Å²) in [5, 5.41) is 0. The fraction of sp³-hybridized carbons (Fsp3) is 1.00. The first-order valence-electron chi connectivity index (χ1n) is 6.84. The van der Waals surface area contributed by atoms with Crippen molar-refractivity contribution >= 4 is 0 Å². The largest absolute Gasteiger partial charge is 0.0649 e. The summed E-state index contributed by atoms with van der Waals surface area (Å²) in [7, 11) is 0. The molecule has 0 heteroatoms. The molecule has 0 bridgehead atoms. The second-order valence-corrected chi connectivity index (χ2v) is 6.28. The lowest BCUT2D eigenvalue weighted by molar-refractivity contribution is 0.200. The molecule has 15 heavy (non-hydrogen) atoms. The van der Waals surface area contributed by atoms with Crippen molar-refractivity contribution in [2.45, 2.75) is 74.1 Å². The Balaban J connectivity index is 4.07. The average molecular weight is 212 g/mol. The van der Waals surface area contributed by atoms with E-state index < -0.39 is 0 Å². The maximum atomic E-state index is 2.45. The predicted molar refractivity (Wildman–Crippen MR) is 71.1 cm³/mol. The summed E-state index contributed by atoms with van der Waals surface area (Å²) in [4.78, 5) is 0. The normalized spacial score (nSPS) is 16.8. The van der Waals surface area contributed by atoms with Crippen molar-refractivity contribution in [2.75, 3.05) is 0 Å². The highest BCUT2D eigenvalue weighted by molar-refractivity contribution is 4.75. The molecule has 0 aromatic heterocycles. The Kier molecular flexibility index (Phi) is 6.55. The highest BCUT2D eigenvalue weighted by Crippen LogP contribution is 2.35. The van der Waals surface area contributed by atoms with E-state index in [0.717, 1.165) is 17.8 Å². The minimum atomic E-state index is 0.579. The van der Waals surface area contributed by atoms with Crippen LogP contribution in [-0.4, -0.2) is 0 Å². The number of hydrogen-bond donors (Lipinski definition) is 0. The van der Waals surface area contributed by atoms with Crippen LogP contribution >= 0.6 is 0 Å². The monoisotopic (exact) mass is 212 g/mol. The van der Waals surface area contributed by atoms with Crippen LogP contribution in [0.5, 0.6) is 0 Å². The van der Waals surface area contributed by atoms with Gasteiger partial charge in [-0.2, -0.15) is 0 Å². The second-order valence-electron chi connectivity index (χ2n) is 6.28. The molecule has 0 rings (SSSR count). The molecular weight excluding hydrogens is 180 g/mol. The van der Waals surface area contributed by atoms with Crippen LogP contribution in [0.4, 0.5) is 0 Å². The van der Waals surface area contributed by atoms with Gasteiger partial charge in [-0.25, -0.2) is 0 Å². The lowest BCUT2D eigenvalue weighted by Gasteiger charge is -2.31. The Morgan fingerprint density at radius 2 is 1.40 bits per heavy atom. The first-order chi connectivity index (χ1) is 6.84.